The minimum atomic E-state index is -0.578. The van der Waals surface area contributed by atoms with Gasteiger partial charge < -0.3 is 24.9 Å². The zero-order valence-corrected chi connectivity index (χ0v) is 19.4. The van der Waals surface area contributed by atoms with Crippen LogP contribution in [0.1, 0.15) is 12.5 Å². The minimum absolute atomic E-state index is 0.131. The normalized spacial score (nSPS) is 14.9. The summed E-state index contributed by atoms with van der Waals surface area (Å²) in [6.07, 6.45) is 1.95. The van der Waals surface area contributed by atoms with Gasteiger partial charge in [-0.3, -0.25) is 4.57 Å². The molecule has 174 valence electrons. The van der Waals surface area contributed by atoms with E-state index in [0.717, 1.165) is 15.9 Å². The topological polar surface area (TPSA) is 118 Å². The van der Waals surface area contributed by atoms with Crippen LogP contribution >= 0.6 is 11.8 Å². The van der Waals surface area contributed by atoms with Gasteiger partial charge in [-0.1, -0.05) is 36.0 Å². The van der Waals surface area contributed by atoms with E-state index in [1.807, 2.05) is 25.1 Å². The minimum Gasteiger partial charge on any atom is -0.403 e. The summed E-state index contributed by atoms with van der Waals surface area (Å²) >= 11 is 1.69. The Labute approximate surface area is 201 Å². The lowest BCUT2D eigenvalue weighted by Crippen LogP contribution is -2.42. The van der Waals surface area contributed by atoms with Crippen LogP contribution in [0.4, 0.5) is 5.82 Å². The van der Waals surface area contributed by atoms with Gasteiger partial charge in [-0.15, -0.1) is 0 Å². The molecule has 11 heteroatoms. The zero-order chi connectivity index (χ0) is 23.5. The lowest BCUT2D eigenvalue weighted by atomic mass is 9.78. The molecule has 2 aromatic carbocycles. The Hall–Kier alpha value is -2.96. The van der Waals surface area contributed by atoms with E-state index < -0.39 is 19.3 Å². The molecule has 3 N–H and O–H groups in total. The molecule has 0 saturated carbocycles. The van der Waals surface area contributed by atoms with Crippen molar-refractivity contribution >= 4 is 41.3 Å². The summed E-state index contributed by atoms with van der Waals surface area (Å²) < 4.78 is 19.7. The quantitative estimate of drug-likeness (QED) is 0.350. The van der Waals surface area contributed by atoms with Gasteiger partial charge in [0, 0.05) is 9.79 Å². The van der Waals surface area contributed by atoms with Gasteiger partial charge in [-0.05, 0) is 42.2 Å². The summed E-state index contributed by atoms with van der Waals surface area (Å²) in [6, 6.07) is 16.5. The molecule has 0 fully saturated rings. The highest BCUT2D eigenvalue weighted by atomic mass is 32.2. The molecule has 0 radical (unpaired) electrons. The van der Waals surface area contributed by atoms with E-state index in [1.54, 1.807) is 22.7 Å². The predicted octanol–water partition coefficient (Wildman–Crippen LogP) is 2.23. The van der Waals surface area contributed by atoms with Gasteiger partial charge in [0.25, 0.3) is 0 Å². The SMILES string of the molecule is C[C@@H](OB1OCc2ccc(Sc3ccccc3)cc21)[C@@H](CO)OCn1cnc2c(N)ncnc21. The first-order valence-corrected chi connectivity index (χ1v) is 11.7. The first-order chi connectivity index (χ1) is 16.6. The lowest BCUT2D eigenvalue weighted by Gasteiger charge is -2.25. The van der Waals surface area contributed by atoms with Gasteiger partial charge in [0.15, 0.2) is 11.5 Å². The molecule has 5 rings (SSSR count). The summed E-state index contributed by atoms with van der Waals surface area (Å²) in [5.41, 5.74) is 9.01. The lowest BCUT2D eigenvalue weighted by molar-refractivity contribution is -0.0774. The van der Waals surface area contributed by atoms with Gasteiger partial charge in [-0.25, -0.2) is 15.0 Å². The van der Waals surface area contributed by atoms with Crippen molar-refractivity contribution in [1.82, 2.24) is 19.5 Å². The average molecular weight is 477 g/mol. The number of hydrogen-bond acceptors (Lipinski definition) is 9. The van der Waals surface area contributed by atoms with Gasteiger partial charge in [0.2, 0.25) is 0 Å². The molecule has 0 unspecified atom stereocenters. The molecular weight excluding hydrogens is 453 g/mol. The molecule has 0 bridgehead atoms. The highest BCUT2D eigenvalue weighted by molar-refractivity contribution is 7.99. The van der Waals surface area contributed by atoms with Crippen LogP contribution in [0.15, 0.2) is 71.0 Å². The summed E-state index contributed by atoms with van der Waals surface area (Å²) in [5, 5.41) is 9.94. The molecule has 0 aliphatic carbocycles. The van der Waals surface area contributed by atoms with Crippen LogP contribution < -0.4 is 11.2 Å². The maximum Gasteiger partial charge on any atom is 0.494 e. The molecule has 0 spiro atoms. The second-order valence-electron chi connectivity index (χ2n) is 7.92. The number of fused-ring (bicyclic) bond motifs is 2. The number of nitrogens with zero attached hydrogens (tertiary/aromatic N) is 4. The van der Waals surface area contributed by atoms with Crippen LogP contribution in [0.2, 0.25) is 0 Å². The van der Waals surface area contributed by atoms with E-state index in [1.165, 1.54) is 11.2 Å². The van der Waals surface area contributed by atoms with Crippen LogP contribution in [0.5, 0.6) is 0 Å². The van der Waals surface area contributed by atoms with E-state index in [4.69, 9.17) is 19.8 Å². The Morgan fingerprint density at radius 2 is 2.03 bits per heavy atom. The van der Waals surface area contributed by atoms with E-state index in [2.05, 4.69) is 45.3 Å². The fraction of sp³-hybridized carbons (Fsp3) is 0.261. The van der Waals surface area contributed by atoms with Crippen molar-refractivity contribution in [2.24, 2.45) is 0 Å². The molecule has 34 heavy (non-hydrogen) atoms. The van der Waals surface area contributed by atoms with Gasteiger partial charge >= 0.3 is 7.12 Å². The third-order valence-corrected chi connectivity index (χ3v) is 6.64. The fourth-order valence-corrected chi connectivity index (χ4v) is 4.66. The number of rotatable bonds is 9. The Morgan fingerprint density at radius 3 is 2.85 bits per heavy atom. The zero-order valence-electron chi connectivity index (χ0n) is 18.6. The standard InChI is InChI=1S/C23H24BN5O4S/c1-15(20(10-30)31-14-29-13-28-21-22(25)26-12-27-23(21)29)33-24-19-9-18(8-7-16(19)11-32-24)34-17-5-3-2-4-6-17/h2-9,12-13,15,20,30H,10-11,14H2,1H3,(H2,25,26,27)/t15-,20-/m1/s1. The largest absolute Gasteiger partial charge is 0.494 e. The molecule has 0 amide bonds. The van der Waals surface area contributed by atoms with Crippen LogP contribution in [-0.4, -0.2) is 50.6 Å². The second-order valence-corrected chi connectivity index (χ2v) is 9.07. The van der Waals surface area contributed by atoms with Crippen molar-refractivity contribution in [2.45, 2.75) is 42.3 Å². The second kappa shape index (κ2) is 10.1. The number of benzene rings is 2. The van der Waals surface area contributed by atoms with E-state index in [-0.39, 0.29) is 13.3 Å². The average Bonchev–Trinajstić information content (AvgIpc) is 3.45. The van der Waals surface area contributed by atoms with Gasteiger partial charge in [0.05, 0.1) is 25.6 Å². The van der Waals surface area contributed by atoms with E-state index >= 15 is 0 Å². The van der Waals surface area contributed by atoms with Crippen molar-refractivity contribution in [3.8, 4) is 0 Å². The molecule has 1 aliphatic heterocycles. The van der Waals surface area contributed by atoms with Gasteiger partial charge in [0.1, 0.15) is 24.7 Å². The van der Waals surface area contributed by atoms with E-state index in [9.17, 15) is 5.11 Å². The summed E-state index contributed by atoms with van der Waals surface area (Å²) in [5.74, 6) is 0.306. The Balaban J connectivity index is 1.24. The number of ether oxygens (including phenoxy) is 1. The Bertz CT molecular complexity index is 1270. The molecule has 3 heterocycles. The van der Waals surface area contributed by atoms with Crippen molar-refractivity contribution in [2.75, 3.05) is 12.3 Å². The fourth-order valence-electron chi connectivity index (χ4n) is 3.77. The number of hydrogen-bond donors (Lipinski definition) is 2. The molecular formula is C23H24BN5O4S. The predicted molar refractivity (Wildman–Crippen MR) is 129 cm³/mol. The maximum atomic E-state index is 9.94. The van der Waals surface area contributed by atoms with Crippen LogP contribution in [0, 0.1) is 0 Å². The number of nitrogen functional groups attached to an aromatic ring is 1. The van der Waals surface area contributed by atoms with Crippen LogP contribution in [0.25, 0.3) is 11.2 Å². The highest BCUT2D eigenvalue weighted by Crippen LogP contribution is 2.28. The molecule has 2 atom stereocenters. The van der Waals surface area contributed by atoms with Crippen molar-refractivity contribution in [1.29, 1.82) is 0 Å². The third-order valence-electron chi connectivity index (χ3n) is 5.64. The van der Waals surface area contributed by atoms with Crippen LogP contribution in [0.3, 0.4) is 0 Å². The van der Waals surface area contributed by atoms with E-state index in [0.29, 0.717) is 23.6 Å². The number of aliphatic hydroxyl groups is 1. The number of nitrogens with two attached hydrogens (primary N) is 1. The number of imidazole rings is 1. The number of aromatic nitrogens is 4. The first-order valence-electron chi connectivity index (χ1n) is 10.9. The van der Waals surface area contributed by atoms with Crippen LogP contribution in [-0.2, 0) is 27.4 Å². The van der Waals surface area contributed by atoms with Gasteiger partial charge in [-0.2, -0.15) is 0 Å². The molecule has 9 nitrogen and oxygen atoms in total. The van der Waals surface area contributed by atoms with Crippen molar-refractivity contribution < 1.29 is 19.2 Å². The van der Waals surface area contributed by atoms with Crippen molar-refractivity contribution in [3.63, 3.8) is 0 Å². The molecule has 1 aliphatic rings. The molecule has 2 aromatic heterocycles. The summed E-state index contributed by atoms with van der Waals surface area (Å²) in [6.45, 7) is 2.26. The van der Waals surface area contributed by atoms with Crippen molar-refractivity contribution in [3.05, 3.63) is 66.7 Å². The third kappa shape index (κ3) is 4.79. The first kappa shape index (κ1) is 22.8. The monoisotopic (exact) mass is 477 g/mol. The maximum absolute atomic E-state index is 9.94. The Kier molecular flexibility index (Phi) is 6.79. The summed E-state index contributed by atoms with van der Waals surface area (Å²) in [4.78, 5) is 14.7. The molecule has 0 saturated heterocycles. The summed E-state index contributed by atoms with van der Waals surface area (Å²) in [7, 11) is -0.527. The number of aliphatic hydroxyl groups excluding tert-OH is 1. The molecule has 4 aromatic rings. The Morgan fingerprint density at radius 1 is 1.18 bits per heavy atom. The number of anilines is 1. The highest BCUT2D eigenvalue weighted by Gasteiger charge is 2.34. The smallest absolute Gasteiger partial charge is 0.403 e.